The molecule has 0 unspecified atom stereocenters. The van der Waals surface area contributed by atoms with Crippen molar-refractivity contribution in [2.24, 2.45) is 0 Å². The summed E-state index contributed by atoms with van der Waals surface area (Å²) in [5, 5.41) is 0. The fourth-order valence-corrected chi connectivity index (χ4v) is 0.628. The fourth-order valence-electron chi connectivity index (χ4n) is 0.551. The van der Waals surface area contributed by atoms with Crippen molar-refractivity contribution in [2.45, 2.75) is 19.8 Å². The third-order valence-corrected chi connectivity index (χ3v) is 1.25. The molecule has 0 saturated heterocycles. The lowest BCUT2D eigenvalue weighted by Crippen LogP contribution is -2.14. The molecule has 0 fully saturated rings. The first-order valence-corrected chi connectivity index (χ1v) is 3.97. The molecule has 0 aliphatic heterocycles. The van der Waals surface area contributed by atoms with E-state index in [0.29, 0.717) is 6.42 Å². The first-order chi connectivity index (χ1) is 5.20. The van der Waals surface area contributed by atoms with E-state index in [9.17, 15) is 9.59 Å². The lowest BCUT2D eigenvalue weighted by Gasteiger charge is -1.99. The van der Waals surface area contributed by atoms with E-state index in [1.807, 2.05) is 6.92 Å². The second kappa shape index (κ2) is 6.16. The smallest absolute Gasteiger partial charge is 0.321 e. The SMILES string of the molecule is CCCC(=O)COC(=O)CCl. The maximum atomic E-state index is 10.7. The van der Waals surface area contributed by atoms with Gasteiger partial charge in [0.1, 0.15) is 12.5 Å². The fraction of sp³-hybridized carbons (Fsp3) is 0.714. The number of ketones is 1. The summed E-state index contributed by atoms with van der Waals surface area (Å²) in [4.78, 5) is 21.2. The molecule has 11 heavy (non-hydrogen) atoms. The summed E-state index contributed by atoms with van der Waals surface area (Å²) < 4.78 is 4.49. The zero-order chi connectivity index (χ0) is 8.69. The number of esters is 1. The minimum Gasteiger partial charge on any atom is -0.457 e. The van der Waals surface area contributed by atoms with E-state index in [4.69, 9.17) is 11.6 Å². The number of halogens is 1. The van der Waals surface area contributed by atoms with Crippen molar-refractivity contribution in [3.8, 4) is 0 Å². The lowest BCUT2D eigenvalue weighted by atomic mass is 10.2. The van der Waals surface area contributed by atoms with E-state index < -0.39 is 5.97 Å². The summed E-state index contributed by atoms with van der Waals surface area (Å²) in [6.45, 7) is 1.75. The molecule has 0 aliphatic rings. The van der Waals surface area contributed by atoms with Crippen LogP contribution in [0.1, 0.15) is 19.8 Å². The predicted octanol–water partition coefficient (Wildman–Crippen LogP) is 1.14. The van der Waals surface area contributed by atoms with Gasteiger partial charge >= 0.3 is 5.97 Å². The topological polar surface area (TPSA) is 43.4 Å². The molecule has 0 radical (unpaired) electrons. The van der Waals surface area contributed by atoms with Crippen LogP contribution in [0.3, 0.4) is 0 Å². The van der Waals surface area contributed by atoms with Crippen molar-refractivity contribution < 1.29 is 14.3 Å². The Labute approximate surface area is 70.7 Å². The van der Waals surface area contributed by atoms with E-state index in [1.54, 1.807) is 0 Å². The molecule has 0 aromatic carbocycles. The molecule has 0 N–H and O–H groups in total. The Bertz CT molecular complexity index is 145. The number of Topliss-reactive ketones (excluding diaryl/α,β-unsaturated/α-hetero) is 1. The molecule has 0 aromatic heterocycles. The average molecular weight is 179 g/mol. The number of ether oxygens (including phenoxy) is 1. The molecule has 3 nitrogen and oxygen atoms in total. The van der Waals surface area contributed by atoms with Crippen LogP contribution in [-0.2, 0) is 14.3 Å². The lowest BCUT2D eigenvalue weighted by molar-refractivity contribution is -0.145. The van der Waals surface area contributed by atoms with Crippen LogP contribution in [0.2, 0.25) is 0 Å². The Morgan fingerprint density at radius 3 is 2.55 bits per heavy atom. The second-order valence-electron chi connectivity index (χ2n) is 2.08. The van der Waals surface area contributed by atoms with Gasteiger partial charge in [-0.3, -0.25) is 9.59 Å². The third kappa shape index (κ3) is 5.85. The van der Waals surface area contributed by atoms with Crippen LogP contribution in [0.4, 0.5) is 0 Å². The summed E-state index contributed by atoms with van der Waals surface area (Å²) in [5.41, 5.74) is 0. The van der Waals surface area contributed by atoms with Gasteiger partial charge in [-0.1, -0.05) is 6.92 Å². The zero-order valence-electron chi connectivity index (χ0n) is 6.43. The van der Waals surface area contributed by atoms with Gasteiger partial charge in [0.2, 0.25) is 0 Å². The monoisotopic (exact) mass is 178 g/mol. The quantitative estimate of drug-likeness (QED) is 0.469. The summed E-state index contributed by atoms with van der Waals surface area (Å²) in [7, 11) is 0. The summed E-state index contributed by atoms with van der Waals surface area (Å²) in [6, 6.07) is 0. The highest BCUT2D eigenvalue weighted by atomic mass is 35.5. The maximum absolute atomic E-state index is 10.7. The van der Waals surface area contributed by atoms with Crippen LogP contribution in [0, 0.1) is 0 Å². The van der Waals surface area contributed by atoms with Gasteiger partial charge < -0.3 is 4.74 Å². The summed E-state index contributed by atoms with van der Waals surface area (Å²) in [5.74, 6) is -0.804. The number of carbonyl (C=O) groups excluding carboxylic acids is 2. The van der Waals surface area contributed by atoms with Crippen LogP contribution in [0.15, 0.2) is 0 Å². The van der Waals surface area contributed by atoms with Crippen molar-refractivity contribution >= 4 is 23.4 Å². The van der Waals surface area contributed by atoms with Gasteiger partial charge in [-0.2, -0.15) is 0 Å². The molecule has 64 valence electrons. The summed E-state index contributed by atoms with van der Waals surface area (Å²) >= 11 is 5.13. The molecule has 0 spiro atoms. The van der Waals surface area contributed by atoms with Gasteiger partial charge in [-0.15, -0.1) is 11.6 Å². The Kier molecular flexibility index (Phi) is 5.84. The van der Waals surface area contributed by atoms with Gasteiger partial charge in [-0.25, -0.2) is 0 Å². The Morgan fingerprint density at radius 2 is 2.09 bits per heavy atom. The molecule has 0 saturated carbocycles. The van der Waals surface area contributed by atoms with Crippen molar-refractivity contribution in [3.05, 3.63) is 0 Å². The molecule has 0 atom stereocenters. The van der Waals surface area contributed by atoms with Crippen LogP contribution in [-0.4, -0.2) is 24.2 Å². The van der Waals surface area contributed by atoms with Gasteiger partial charge in [0.15, 0.2) is 5.78 Å². The molecule has 4 heteroatoms. The maximum Gasteiger partial charge on any atom is 0.321 e. The van der Waals surface area contributed by atoms with Gasteiger partial charge in [0.05, 0.1) is 0 Å². The Hall–Kier alpha value is -0.570. The number of hydrogen-bond acceptors (Lipinski definition) is 3. The Morgan fingerprint density at radius 1 is 1.45 bits per heavy atom. The number of rotatable bonds is 5. The van der Waals surface area contributed by atoms with Crippen molar-refractivity contribution in [1.82, 2.24) is 0 Å². The molecular weight excluding hydrogens is 168 g/mol. The average Bonchev–Trinajstić information content (AvgIpc) is 2.01. The number of carbonyl (C=O) groups is 2. The minimum absolute atomic E-state index is 0.0639. The highest BCUT2D eigenvalue weighted by Crippen LogP contribution is 1.91. The molecule has 0 amide bonds. The first kappa shape index (κ1) is 10.4. The van der Waals surface area contributed by atoms with Crippen LogP contribution >= 0.6 is 11.6 Å². The highest BCUT2D eigenvalue weighted by molar-refractivity contribution is 6.26. The third-order valence-electron chi connectivity index (χ3n) is 1.03. The van der Waals surface area contributed by atoms with E-state index in [-0.39, 0.29) is 18.3 Å². The molecular formula is C7H11ClO3. The highest BCUT2D eigenvalue weighted by Gasteiger charge is 2.04. The normalized spacial score (nSPS) is 9.27. The second-order valence-corrected chi connectivity index (χ2v) is 2.35. The van der Waals surface area contributed by atoms with Gasteiger partial charge in [-0.05, 0) is 6.42 Å². The molecule has 0 aromatic rings. The van der Waals surface area contributed by atoms with Gasteiger partial charge in [0.25, 0.3) is 0 Å². The van der Waals surface area contributed by atoms with Crippen molar-refractivity contribution in [2.75, 3.05) is 12.5 Å². The minimum atomic E-state index is -0.545. The van der Waals surface area contributed by atoms with Gasteiger partial charge in [0, 0.05) is 6.42 Å². The molecule has 0 heterocycles. The van der Waals surface area contributed by atoms with E-state index in [2.05, 4.69) is 4.74 Å². The summed E-state index contributed by atoms with van der Waals surface area (Å²) in [6.07, 6.45) is 1.23. The Balaban J connectivity index is 3.38. The number of alkyl halides is 1. The molecule has 0 aliphatic carbocycles. The van der Waals surface area contributed by atoms with Crippen LogP contribution in [0.25, 0.3) is 0 Å². The standard InChI is InChI=1S/C7H11ClO3/c1-2-3-6(9)5-11-7(10)4-8/h2-5H2,1H3. The number of hydrogen-bond donors (Lipinski definition) is 0. The molecule has 0 bridgehead atoms. The van der Waals surface area contributed by atoms with Crippen molar-refractivity contribution in [1.29, 1.82) is 0 Å². The van der Waals surface area contributed by atoms with E-state index >= 15 is 0 Å². The predicted molar refractivity (Wildman–Crippen MR) is 41.6 cm³/mol. The molecule has 0 rings (SSSR count). The van der Waals surface area contributed by atoms with Crippen LogP contribution < -0.4 is 0 Å². The van der Waals surface area contributed by atoms with Crippen molar-refractivity contribution in [3.63, 3.8) is 0 Å². The van der Waals surface area contributed by atoms with E-state index in [0.717, 1.165) is 6.42 Å². The van der Waals surface area contributed by atoms with Crippen LogP contribution in [0.5, 0.6) is 0 Å². The first-order valence-electron chi connectivity index (χ1n) is 3.44. The largest absolute Gasteiger partial charge is 0.457 e. The zero-order valence-corrected chi connectivity index (χ0v) is 7.19. The van der Waals surface area contributed by atoms with E-state index in [1.165, 1.54) is 0 Å².